The Labute approximate surface area is 91.8 Å². The lowest BCUT2D eigenvalue weighted by molar-refractivity contribution is -0.113. The predicted molar refractivity (Wildman–Crippen MR) is 59.1 cm³/mol. The minimum Gasteiger partial charge on any atom is -0.321 e. The molecule has 0 saturated heterocycles. The number of Topliss-reactive ketones (excluding diaryl/α,β-unsaturated/α-hetero) is 1. The van der Waals surface area contributed by atoms with Crippen molar-refractivity contribution in [1.29, 1.82) is 10.7 Å². The highest BCUT2D eigenvalue weighted by Gasteiger charge is 2.14. The lowest BCUT2D eigenvalue weighted by Gasteiger charge is -2.04. The van der Waals surface area contributed by atoms with E-state index in [1.807, 2.05) is 6.07 Å². The second kappa shape index (κ2) is 4.82. The van der Waals surface area contributed by atoms with Crippen LogP contribution in [0.15, 0.2) is 11.4 Å². The Hall–Kier alpha value is -1.51. The molecule has 1 aromatic heterocycles. The third kappa shape index (κ3) is 2.98. The molecule has 1 atom stereocenters. The summed E-state index contributed by atoms with van der Waals surface area (Å²) in [7, 11) is 0. The Balaban J connectivity index is 2.67. The summed E-state index contributed by atoms with van der Waals surface area (Å²) in [4.78, 5) is 11.9. The van der Waals surface area contributed by atoms with Crippen LogP contribution in [0.4, 0.5) is 0 Å². The number of nitrogens with two attached hydrogens (primary N) is 1. The first kappa shape index (κ1) is 11.6. The fraction of sp³-hybridized carbons (Fsp3) is 0.300. The van der Waals surface area contributed by atoms with Crippen molar-refractivity contribution in [1.82, 2.24) is 0 Å². The molecular weight excluding hydrogens is 210 g/mol. The standard InChI is InChI=1S/C10H11N3OS/c1-6(12)10(14)9(13)3-7-2-8(4-11)15-5-7/h2,5-6,13H,3,12H2,1H3/t6-/m0/s1. The summed E-state index contributed by atoms with van der Waals surface area (Å²) >= 11 is 1.31. The normalized spacial score (nSPS) is 11.8. The van der Waals surface area contributed by atoms with E-state index in [1.165, 1.54) is 11.3 Å². The van der Waals surface area contributed by atoms with Crippen molar-refractivity contribution in [2.24, 2.45) is 5.73 Å². The van der Waals surface area contributed by atoms with Crippen molar-refractivity contribution in [3.8, 4) is 6.07 Å². The Morgan fingerprint density at radius 1 is 1.80 bits per heavy atom. The van der Waals surface area contributed by atoms with Crippen LogP contribution in [0, 0.1) is 16.7 Å². The maximum absolute atomic E-state index is 11.3. The van der Waals surface area contributed by atoms with Crippen molar-refractivity contribution < 1.29 is 4.79 Å². The predicted octanol–water partition coefficient (Wildman–Crippen LogP) is 1.10. The Morgan fingerprint density at radius 2 is 2.47 bits per heavy atom. The molecule has 0 amide bonds. The van der Waals surface area contributed by atoms with Gasteiger partial charge in [-0.3, -0.25) is 4.79 Å². The highest BCUT2D eigenvalue weighted by atomic mass is 32.1. The number of carbonyl (C=O) groups is 1. The van der Waals surface area contributed by atoms with E-state index < -0.39 is 6.04 Å². The highest BCUT2D eigenvalue weighted by molar-refractivity contribution is 7.10. The van der Waals surface area contributed by atoms with Gasteiger partial charge in [0.25, 0.3) is 0 Å². The second-order valence-electron chi connectivity index (χ2n) is 3.24. The number of hydrogen-bond donors (Lipinski definition) is 2. The molecule has 0 aliphatic rings. The van der Waals surface area contributed by atoms with Gasteiger partial charge in [-0.25, -0.2) is 0 Å². The zero-order valence-corrected chi connectivity index (χ0v) is 9.10. The van der Waals surface area contributed by atoms with Crippen LogP contribution in [0.5, 0.6) is 0 Å². The minimum atomic E-state index is -0.633. The maximum atomic E-state index is 11.3. The summed E-state index contributed by atoms with van der Waals surface area (Å²) in [6.07, 6.45) is 0.249. The van der Waals surface area contributed by atoms with Crippen molar-refractivity contribution in [2.75, 3.05) is 0 Å². The van der Waals surface area contributed by atoms with E-state index >= 15 is 0 Å². The quantitative estimate of drug-likeness (QED) is 0.746. The molecule has 5 heteroatoms. The monoisotopic (exact) mass is 221 g/mol. The number of rotatable bonds is 4. The molecule has 0 fully saturated rings. The zero-order valence-electron chi connectivity index (χ0n) is 8.28. The van der Waals surface area contributed by atoms with E-state index in [0.717, 1.165) is 5.56 Å². The molecule has 3 N–H and O–H groups in total. The van der Waals surface area contributed by atoms with Crippen molar-refractivity contribution in [3.05, 3.63) is 21.9 Å². The molecule has 0 aliphatic heterocycles. The first-order chi connectivity index (χ1) is 7.04. The number of nitrogens with zero attached hydrogens (tertiary/aromatic N) is 1. The molecule has 0 aliphatic carbocycles. The van der Waals surface area contributed by atoms with E-state index in [2.05, 4.69) is 0 Å². The number of thiophene rings is 1. The Morgan fingerprint density at radius 3 is 2.93 bits per heavy atom. The molecule has 0 spiro atoms. The molecule has 1 heterocycles. The van der Waals surface area contributed by atoms with E-state index in [1.54, 1.807) is 18.4 Å². The molecule has 0 aromatic carbocycles. The average molecular weight is 221 g/mol. The fourth-order valence-corrected chi connectivity index (χ4v) is 1.79. The summed E-state index contributed by atoms with van der Waals surface area (Å²) < 4.78 is 0. The maximum Gasteiger partial charge on any atom is 0.192 e. The number of nitrogens with one attached hydrogen (secondary N) is 1. The summed E-state index contributed by atoms with van der Waals surface area (Å²) in [5, 5.41) is 17.9. The van der Waals surface area contributed by atoms with Gasteiger partial charge in [-0.1, -0.05) is 0 Å². The van der Waals surface area contributed by atoms with Gasteiger partial charge >= 0.3 is 0 Å². The molecule has 0 radical (unpaired) electrons. The van der Waals surface area contributed by atoms with Crippen LogP contribution in [-0.4, -0.2) is 17.5 Å². The average Bonchev–Trinajstić information content (AvgIpc) is 2.64. The first-order valence-corrected chi connectivity index (χ1v) is 5.27. The van der Waals surface area contributed by atoms with Gasteiger partial charge in [-0.15, -0.1) is 11.3 Å². The molecule has 0 unspecified atom stereocenters. The van der Waals surface area contributed by atoms with Gasteiger partial charge in [-0.05, 0) is 23.9 Å². The largest absolute Gasteiger partial charge is 0.321 e. The summed E-state index contributed by atoms with van der Waals surface area (Å²) in [6.45, 7) is 1.56. The van der Waals surface area contributed by atoms with Gasteiger partial charge in [-0.2, -0.15) is 5.26 Å². The summed E-state index contributed by atoms with van der Waals surface area (Å²) in [5.74, 6) is -0.347. The number of hydrogen-bond acceptors (Lipinski definition) is 5. The van der Waals surface area contributed by atoms with Crippen LogP contribution < -0.4 is 5.73 Å². The molecule has 0 saturated carbocycles. The third-order valence-corrected chi connectivity index (χ3v) is 2.74. The SMILES string of the molecule is C[C@H](N)C(=O)C(=N)Cc1csc(C#N)c1. The van der Waals surface area contributed by atoms with E-state index in [9.17, 15) is 4.79 Å². The highest BCUT2D eigenvalue weighted by Crippen LogP contribution is 2.14. The van der Waals surface area contributed by atoms with Crippen LogP contribution in [-0.2, 0) is 11.2 Å². The fourth-order valence-electron chi connectivity index (χ4n) is 1.09. The van der Waals surface area contributed by atoms with Crippen molar-refractivity contribution >= 4 is 22.8 Å². The molecule has 15 heavy (non-hydrogen) atoms. The Kier molecular flexibility index (Phi) is 3.72. The van der Waals surface area contributed by atoms with Gasteiger partial charge in [0.2, 0.25) is 0 Å². The van der Waals surface area contributed by atoms with Crippen LogP contribution in [0.2, 0.25) is 0 Å². The molecule has 78 valence electrons. The number of ketones is 1. The third-order valence-electron chi connectivity index (χ3n) is 1.86. The van der Waals surface area contributed by atoms with Gasteiger partial charge < -0.3 is 11.1 Å². The summed E-state index contributed by atoms with van der Waals surface area (Å²) in [5.41, 5.74) is 6.19. The van der Waals surface area contributed by atoms with E-state index in [4.69, 9.17) is 16.4 Å². The lowest BCUT2D eigenvalue weighted by Crippen LogP contribution is -2.33. The second-order valence-corrected chi connectivity index (χ2v) is 4.15. The minimum absolute atomic E-state index is 0.00714. The van der Waals surface area contributed by atoms with Crippen molar-refractivity contribution in [3.63, 3.8) is 0 Å². The molecule has 0 bridgehead atoms. The van der Waals surface area contributed by atoms with E-state index in [0.29, 0.717) is 4.88 Å². The molecule has 1 rings (SSSR count). The van der Waals surface area contributed by atoms with Crippen LogP contribution in [0.25, 0.3) is 0 Å². The van der Waals surface area contributed by atoms with Gasteiger partial charge in [0.05, 0.1) is 11.8 Å². The Bertz CT molecular complexity index is 428. The zero-order chi connectivity index (χ0) is 11.4. The van der Waals surface area contributed by atoms with E-state index in [-0.39, 0.29) is 17.9 Å². The number of carbonyl (C=O) groups excluding carboxylic acids is 1. The van der Waals surface area contributed by atoms with Crippen molar-refractivity contribution in [2.45, 2.75) is 19.4 Å². The summed E-state index contributed by atoms with van der Waals surface area (Å²) in [6, 6.07) is 3.07. The first-order valence-electron chi connectivity index (χ1n) is 4.39. The molecule has 4 nitrogen and oxygen atoms in total. The van der Waals surface area contributed by atoms with Crippen LogP contribution in [0.1, 0.15) is 17.4 Å². The number of nitriles is 1. The topological polar surface area (TPSA) is 90.7 Å². The molecular formula is C10H11N3OS. The van der Waals surface area contributed by atoms with Gasteiger partial charge in [0, 0.05) is 6.42 Å². The van der Waals surface area contributed by atoms with Gasteiger partial charge in [0.15, 0.2) is 5.78 Å². The lowest BCUT2D eigenvalue weighted by atomic mass is 10.0. The molecule has 1 aromatic rings. The van der Waals surface area contributed by atoms with Crippen LogP contribution >= 0.6 is 11.3 Å². The smallest absolute Gasteiger partial charge is 0.192 e. The van der Waals surface area contributed by atoms with Gasteiger partial charge in [0.1, 0.15) is 10.9 Å². The van der Waals surface area contributed by atoms with Crippen LogP contribution in [0.3, 0.4) is 0 Å².